The number of carbonyl (C=O) groups excluding carboxylic acids is 1. The normalized spacial score (nSPS) is 13.2. The predicted molar refractivity (Wildman–Crippen MR) is 80.6 cm³/mol. The summed E-state index contributed by atoms with van der Waals surface area (Å²) in [6.45, 7) is 5.87. The Labute approximate surface area is 125 Å². The summed E-state index contributed by atoms with van der Waals surface area (Å²) < 4.78 is 25.9. The zero-order chi connectivity index (χ0) is 16.0. The van der Waals surface area contributed by atoms with Gasteiger partial charge in [0.15, 0.2) is 0 Å². The summed E-state index contributed by atoms with van der Waals surface area (Å²) in [4.78, 5) is 12.0. The van der Waals surface area contributed by atoms with E-state index in [1.165, 1.54) is 28.6 Å². The third kappa shape index (κ3) is 4.26. The van der Waals surface area contributed by atoms with Gasteiger partial charge in [0.1, 0.15) is 0 Å². The largest absolute Gasteiger partial charge is 0.394 e. The molecule has 1 aromatic rings. The molecule has 1 atom stereocenters. The molecule has 118 valence electrons. The molecule has 0 aliphatic carbocycles. The number of rotatable bonds is 7. The number of carbonyl (C=O) groups is 1. The highest BCUT2D eigenvalue weighted by Gasteiger charge is 2.21. The van der Waals surface area contributed by atoms with E-state index in [2.05, 4.69) is 5.32 Å². The number of nitrogens with zero attached hydrogens (tertiary/aromatic N) is 1. The first kappa shape index (κ1) is 17.6. The Morgan fingerprint density at radius 1 is 1.24 bits per heavy atom. The highest BCUT2D eigenvalue weighted by atomic mass is 32.2. The topological polar surface area (TPSA) is 86.7 Å². The van der Waals surface area contributed by atoms with Crippen LogP contribution < -0.4 is 5.32 Å². The van der Waals surface area contributed by atoms with Crippen LogP contribution in [0.25, 0.3) is 0 Å². The Balaban J connectivity index is 2.95. The second-order valence-electron chi connectivity index (χ2n) is 4.67. The zero-order valence-corrected chi connectivity index (χ0v) is 13.4. The molecular formula is C14H22N2O4S. The van der Waals surface area contributed by atoms with E-state index in [1.54, 1.807) is 20.8 Å². The third-order valence-corrected chi connectivity index (χ3v) is 5.18. The van der Waals surface area contributed by atoms with Gasteiger partial charge in [-0.3, -0.25) is 4.79 Å². The average molecular weight is 314 g/mol. The smallest absolute Gasteiger partial charge is 0.251 e. The van der Waals surface area contributed by atoms with Gasteiger partial charge in [0.05, 0.1) is 11.5 Å². The molecule has 1 rings (SSSR count). The van der Waals surface area contributed by atoms with Crippen molar-refractivity contribution in [3.8, 4) is 0 Å². The monoisotopic (exact) mass is 314 g/mol. The first-order valence-electron chi connectivity index (χ1n) is 6.88. The van der Waals surface area contributed by atoms with Gasteiger partial charge in [-0.25, -0.2) is 8.42 Å². The van der Waals surface area contributed by atoms with Gasteiger partial charge in [-0.15, -0.1) is 0 Å². The number of benzene rings is 1. The van der Waals surface area contributed by atoms with Crippen LogP contribution in [0, 0.1) is 0 Å². The summed E-state index contributed by atoms with van der Waals surface area (Å²) in [6.07, 6.45) is 0. The highest BCUT2D eigenvalue weighted by Crippen LogP contribution is 2.16. The van der Waals surface area contributed by atoms with Gasteiger partial charge in [-0.2, -0.15) is 4.31 Å². The number of nitrogens with one attached hydrogen (secondary N) is 1. The maximum atomic E-state index is 12.3. The number of hydrogen-bond donors (Lipinski definition) is 2. The average Bonchev–Trinajstić information content (AvgIpc) is 2.48. The Kier molecular flexibility index (Phi) is 6.32. The quantitative estimate of drug-likeness (QED) is 0.780. The molecule has 0 heterocycles. The van der Waals surface area contributed by atoms with E-state index in [4.69, 9.17) is 5.11 Å². The van der Waals surface area contributed by atoms with Crippen LogP contribution in [0.15, 0.2) is 29.2 Å². The van der Waals surface area contributed by atoms with Crippen molar-refractivity contribution < 1.29 is 18.3 Å². The number of amides is 1. The molecule has 21 heavy (non-hydrogen) atoms. The molecular weight excluding hydrogens is 292 g/mol. The minimum atomic E-state index is -3.51. The van der Waals surface area contributed by atoms with E-state index in [-0.39, 0.29) is 23.5 Å². The van der Waals surface area contributed by atoms with Crippen LogP contribution in [0.4, 0.5) is 0 Å². The van der Waals surface area contributed by atoms with E-state index in [0.717, 1.165) is 0 Å². The summed E-state index contributed by atoms with van der Waals surface area (Å²) in [6, 6.07) is 5.43. The van der Waals surface area contributed by atoms with Crippen molar-refractivity contribution in [2.24, 2.45) is 0 Å². The van der Waals surface area contributed by atoms with Crippen molar-refractivity contribution in [3.63, 3.8) is 0 Å². The van der Waals surface area contributed by atoms with E-state index in [0.29, 0.717) is 18.7 Å². The Hall–Kier alpha value is -1.44. The molecule has 0 fully saturated rings. The van der Waals surface area contributed by atoms with Crippen molar-refractivity contribution in [2.75, 3.05) is 19.7 Å². The molecule has 6 nitrogen and oxygen atoms in total. The van der Waals surface area contributed by atoms with Gasteiger partial charge in [0.25, 0.3) is 5.91 Å². The Morgan fingerprint density at radius 3 is 2.19 bits per heavy atom. The minimum absolute atomic E-state index is 0.153. The molecule has 0 aliphatic rings. The fourth-order valence-corrected chi connectivity index (χ4v) is 3.30. The second-order valence-corrected chi connectivity index (χ2v) is 6.61. The first-order valence-corrected chi connectivity index (χ1v) is 8.32. The molecule has 0 aromatic heterocycles. The van der Waals surface area contributed by atoms with Crippen LogP contribution in [0.2, 0.25) is 0 Å². The standard InChI is InChI=1S/C14H22N2O4S/c1-4-16(5-2)21(19,20)13-8-6-12(7-9-13)14(18)15-11(3)10-17/h6-9,11,17H,4-5,10H2,1-3H3,(H,15,18)/t11-/m0/s1. The van der Waals surface area contributed by atoms with E-state index < -0.39 is 10.0 Å². The van der Waals surface area contributed by atoms with Gasteiger partial charge in [-0.1, -0.05) is 13.8 Å². The summed E-state index contributed by atoms with van der Waals surface area (Å²) in [5.74, 6) is -0.344. The lowest BCUT2D eigenvalue weighted by atomic mass is 10.2. The number of aliphatic hydroxyl groups excluding tert-OH is 1. The van der Waals surface area contributed by atoms with Crippen LogP contribution in [-0.4, -0.2) is 49.5 Å². The minimum Gasteiger partial charge on any atom is -0.394 e. The molecule has 0 radical (unpaired) electrons. The Morgan fingerprint density at radius 2 is 1.76 bits per heavy atom. The molecule has 7 heteroatoms. The van der Waals surface area contributed by atoms with E-state index >= 15 is 0 Å². The van der Waals surface area contributed by atoms with Crippen LogP contribution >= 0.6 is 0 Å². The predicted octanol–water partition coefficient (Wildman–Crippen LogP) is 0.828. The van der Waals surface area contributed by atoms with E-state index in [9.17, 15) is 13.2 Å². The molecule has 0 aliphatic heterocycles. The van der Waals surface area contributed by atoms with Crippen molar-refractivity contribution in [1.82, 2.24) is 9.62 Å². The highest BCUT2D eigenvalue weighted by molar-refractivity contribution is 7.89. The summed E-state index contributed by atoms with van der Waals surface area (Å²) >= 11 is 0. The van der Waals surface area contributed by atoms with Gasteiger partial charge in [0.2, 0.25) is 10.0 Å². The fourth-order valence-electron chi connectivity index (χ4n) is 1.84. The summed E-state index contributed by atoms with van der Waals surface area (Å²) in [5.41, 5.74) is 0.355. The lowest BCUT2D eigenvalue weighted by molar-refractivity contribution is 0.0922. The summed E-state index contributed by atoms with van der Waals surface area (Å²) in [5, 5.41) is 11.5. The van der Waals surface area contributed by atoms with Crippen molar-refractivity contribution in [2.45, 2.75) is 31.7 Å². The van der Waals surface area contributed by atoms with Gasteiger partial charge in [0, 0.05) is 24.7 Å². The maximum absolute atomic E-state index is 12.3. The first-order chi connectivity index (χ1) is 9.86. The summed E-state index contributed by atoms with van der Waals surface area (Å²) in [7, 11) is -3.51. The van der Waals surface area contributed by atoms with Gasteiger partial charge in [-0.05, 0) is 31.2 Å². The lowest BCUT2D eigenvalue weighted by Gasteiger charge is -2.18. The number of sulfonamides is 1. The van der Waals surface area contributed by atoms with Gasteiger partial charge < -0.3 is 10.4 Å². The molecule has 0 spiro atoms. The van der Waals surface area contributed by atoms with Crippen molar-refractivity contribution >= 4 is 15.9 Å². The molecule has 1 aromatic carbocycles. The third-order valence-electron chi connectivity index (χ3n) is 3.11. The molecule has 0 saturated heterocycles. The SMILES string of the molecule is CCN(CC)S(=O)(=O)c1ccc(C(=O)N[C@@H](C)CO)cc1. The number of hydrogen-bond acceptors (Lipinski definition) is 4. The lowest BCUT2D eigenvalue weighted by Crippen LogP contribution is -2.35. The van der Waals surface area contributed by atoms with Crippen molar-refractivity contribution in [3.05, 3.63) is 29.8 Å². The molecule has 1 amide bonds. The van der Waals surface area contributed by atoms with Crippen molar-refractivity contribution in [1.29, 1.82) is 0 Å². The molecule has 2 N–H and O–H groups in total. The zero-order valence-electron chi connectivity index (χ0n) is 12.5. The van der Waals surface area contributed by atoms with E-state index in [1.807, 2.05) is 0 Å². The van der Waals surface area contributed by atoms with Crippen LogP contribution in [0.1, 0.15) is 31.1 Å². The molecule has 0 saturated carbocycles. The van der Waals surface area contributed by atoms with Crippen LogP contribution in [-0.2, 0) is 10.0 Å². The maximum Gasteiger partial charge on any atom is 0.251 e. The van der Waals surface area contributed by atoms with Crippen LogP contribution in [0.3, 0.4) is 0 Å². The molecule has 0 unspecified atom stereocenters. The fraction of sp³-hybridized carbons (Fsp3) is 0.500. The Bertz CT molecular complexity index is 565. The van der Waals surface area contributed by atoms with Gasteiger partial charge >= 0.3 is 0 Å². The van der Waals surface area contributed by atoms with Crippen LogP contribution in [0.5, 0.6) is 0 Å². The number of aliphatic hydroxyl groups is 1. The second kappa shape index (κ2) is 7.53. The molecule has 0 bridgehead atoms.